The van der Waals surface area contributed by atoms with Crippen LogP contribution in [0.3, 0.4) is 0 Å². The molecule has 0 amide bonds. The summed E-state index contributed by atoms with van der Waals surface area (Å²) in [5.74, 6) is -0.557. The zero-order chi connectivity index (χ0) is 14.8. The molecule has 3 aromatic rings. The minimum absolute atomic E-state index is 0.133. The largest absolute Gasteiger partial charge is 0.508 e. The number of hydrogen-bond donors (Lipinski definition) is 1. The van der Waals surface area contributed by atoms with Crippen molar-refractivity contribution >= 4 is 0 Å². The number of halogens is 2. The maximum Gasteiger partial charge on any atom is 0.257 e. The van der Waals surface area contributed by atoms with E-state index in [-0.39, 0.29) is 18.1 Å². The highest BCUT2D eigenvalue weighted by atomic mass is 19.1. The zero-order valence-electron chi connectivity index (χ0n) is 10.8. The number of phenols is 1. The summed E-state index contributed by atoms with van der Waals surface area (Å²) in [7, 11) is 0. The first-order valence-electron chi connectivity index (χ1n) is 6.17. The fraction of sp³-hybridized carbons (Fsp3) is 0.0667. The smallest absolute Gasteiger partial charge is 0.257 e. The van der Waals surface area contributed by atoms with E-state index in [0.29, 0.717) is 17.0 Å². The number of nitrogens with zero attached hydrogens (tertiary/aromatic N) is 2. The van der Waals surface area contributed by atoms with Crippen molar-refractivity contribution in [3.63, 3.8) is 0 Å². The maximum atomic E-state index is 13.1. The van der Waals surface area contributed by atoms with Crippen LogP contribution in [0, 0.1) is 11.6 Å². The Balaban J connectivity index is 1.83. The number of phenolic OH excluding ortho intramolecular Hbond substituents is 1. The van der Waals surface area contributed by atoms with Gasteiger partial charge in [0.05, 0.1) is 0 Å². The second kappa shape index (κ2) is 5.32. The monoisotopic (exact) mass is 288 g/mol. The lowest BCUT2D eigenvalue weighted by Crippen LogP contribution is -1.93. The summed E-state index contributed by atoms with van der Waals surface area (Å²) >= 11 is 0. The first-order chi connectivity index (χ1) is 10.1. The van der Waals surface area contributed by atoms with Gasteiger partial charge in [0, 0.05) is 18.1 Å². The van der Waals surface area contributed by atoms with Crippen molar-refractivity contribution in [3.05, 3.63) is 65.5 Å². The third-order valence-corrected chi connectivity index (χ3v) is 2.87. The Morgan fingerprint density at radius 3 is 2.33 bits per heavy atom. The number of benzene rings is 2. The highest BCUT2D eigenvalue weighted by Crippen LogP contribution is 2.21. The molecule has 0 spiro atoms. The molecule has 0 aliphatic carbocycles. The van der Waals surface area contributed by atoms with Gasteiger partial charge >= 0.3 is 0 Å². The second-order valence-corrected chi connectivity index (χ2v) is 4.52. The van der Waals surface area contributed by atoms with E-state index in [4.69, 9.17) is 4.52 Å². The number of aromatic hydroxyl groups is 1. The summed E-state index contributed by atoms with van der Waals surface area (Å²) in [4.78, 5) is 4.16. The van der Waals surface area contributed by atoms with E-state index in [1.807, 2.05) is 0 Å². The molecule has 106 valence electrons. The van der Waals surface area contributed by atoms with Gasteiger partial charge in [0.1, 0.15) is 17.4 Å². The van der Waals surface area contributed by atoms with Crippen LogP contribution in [0.4, 0.5) is 8.78 Å². The van der Waals surface area contributed by atoms with Gasteiger partial charge in [-0.2, -0.15) is 4.98 Å². The number of rotatable bonds is 3. The molecule has 3 rings (SSSR count). The molecular weight excluding hydrogens is 278 g/mol. The molecule has 0 saturated carbocycles. The molecule has 6 heteroatoms. The normalized spacial score (nSPS) is 10.8. The topological polar surface area (TPSA) is 59.2 Å². The average molecular weight is 288 g/mol. The van der Waals surface area contributed by atoms with Crippen LogP contribution < -0.4 is 0 Å². The lowest BCUT2D eigenvalue weighted by molar-refractivity contribution is 0.423. The van der Waals surface area contributed by atoms with E-state index in [1.165, 1.54) is 24.3 Å². The Hall–Kier alpha value is -2.76. The summed E-state index contributed by atoms with van der Waals surface area (Å²) in [5, 5.41) is 13.0. The number of aromatic nitrogens is 2. The Morgan fingerprint density at radius 2 is 1.67 bits per heavy atom. The number of hydrogen-bond acceptors (Lipinski definition) is 4. The van der Waals surface area contributed by atoms with Crippen LogP contribution in [0.25, 0.3) is 11.5 Å². The lowest BCUT2D eigenvalue weighted by atomic mass is 10.1. The summed E-state index contributed by atoms with van der Waals surface area (Å²) in [6.45, 7) is 0. The molecule has 0 fully saturated rings. The van der Waals surface area contributed by atoms with Crippen molar-refractivity contribution in [2.24, 2.45) is 0 Å². The Morgan fingerprint density at radius 1 is 1.00 bits per heavy atom. The summed E-state index contributed by atoms with van der Waals surface area (Å²) in [6, 6.07) is 9.52. The van der Waals surface area contributed by atoms with Gasteiger partial charge in [-0.15, -0.1) is 0 Å². The van der Waals surface area contributed by atoms with Gasteiger partial charge in [0.2, 0.25) is 0 Å². The molecule has 0 bridgehead atoms. The van der Waals surface area contributed by atoms with Gasteiger partial charge in [-0.3, -0.25) is 0 Å². The van der Waals surface area contributed by atoms with Gasteiger partial charge in [-0.05, 0) is 42.0 Å². The van der Waals surface area contributed by atoms with Crippen LogP contribution in [-0.2, 0) is 6.42 Å². The van der Waals surface area contributed by atoms with E-state index in [1.54, 1.807) is 12.1 Å². The van der Waals surface area contributed by atoms with E-state index in [0.717, 1.165) is 6.07 Å². The van der Waals surface area contributed by atoms with Crippen molar-refractivity contribution in [1.29, 1.82) is 0 Å². The maximum absolute atomic E-state index is 13.1. The van der Waals surface area contributed by atoms with Crippen LogP contribution in [0.2, 0.25) is 0 Å². The third-order valence-electron chi connectivity index (χ3n) is 2.87. The van der Waals surface area contributed by atoms with E-state index in [9.17, 15) is 13.9 Å². The van der Waals surface area contributed by atoms with Crippen LogP contribution in [-0.4, -0.2) is 15.2 Å². The fourth-order valence-electron chi connectivity index (χ4n) is 1.94. The Bertz CT molecular complexity index is 749. The first-order valence-corrected chi connectivity index (χ1v) is 6.17. The van der Waals surface area contributed by atoms with Gasteiger partial charge in [-0.25, -0.2) is 8.78 Å². The molecule has 1 N–H and O–H groups in total. The molecule has 0 radical (unpaired) electrons. The van der Waals surface area contributed by atoms with E-state index >= 15 is 0 Å². The van der Waals surface area contributed by atoms with Crippen molar-refractivity contribution in [3.8, 4) is 17.2 Å². The van der Waals surface area contributed by atoms with Crippen LogP contribution in [0.1, 0.15) is 11.4 Å². The van der Waals surface area contributed by atoms with Crippen LogP contribution >= 0.6 is 0 Å². The van der Waals surface area contributed by atoms with Gasteiger partial charge < -0.3 is 9.63 Å². The molecule has 0 unspecified atom stereocenters. The standard InChI is InChI=1S/C15H10F2N2O2/c16-11-5-9(6-12(17)8-11)7-14-18-15(21-19-14)10-1-3-13(20)4-2-10/h1-6,8,20H,7H2. The molecule has 0 aliphatic rings. The molecule has 4 nitrogen and oxygen atoms in total. The predicted octanol–water partition coefficient (Wildman–Crippen LogP) is 3.31. The van der Waals surface area contributed by atoms with Crippen LogP contribution in [0.5, 0.6) is 5.75 Å². The quantitative estimate of drug-likeness (QED) is 0.803. The summed E-state index contributed by atoms with van der Waals surface area (Å²) < 4.78 is 31.3. The first kappa shape index (κ1) is 13.2. The van der Waals surface area contributed by atoms with Crippen molar-refractivity contribution in [1.82, 2.24) is 10.1 Å². The van der Waals surface area contributed by atoms with Gasteiger partial charge in [-0.1, -0.05) is 5.16 Å². The highest BCUT2D eigenvalue weighted by Gasteiger charge is 2.10. The molecule has 0 aliphatic heterocycles. The van der Waals surface area contributed by atoms with Crippen molar-refractivity contribution in [2.75, 3.05) is 0 Å². The Labute approximate surface area is 118 Å². The van der Waals surface area contributed by atoms with E-state index in [2.05, 4.69) is 10.1 Å². The second-order valence-electron chi connectivity index (χ2n) is 4.52. The summed E-state index contributed by atoms with van der Waals surface area (Å²) in [5.41, 5.74) is 1.07. The minimum Gasteiger partial charge on any atom is -0.508 e. The van der Waals surface area contributed by atoms with E-state index < -0.39 is 11.6 Å². The summed E-state index contributed by atoms with van der Waals surface area (Å²) in [6.07, 6.45) is 0.163. The zero-order valence-corrected chi connectivity index (χ0v) is 10.8. The molecular formula is C15H10F2N2O2. The van der Waals surface area contributed by atoms with Gasteiger partial charge in [0.25, 0.3) is 5.89 Å². The minimum atomic E-state index is -0.646. The van der Waals surface area contributed by atoms with Gasteiger partial charge in [0.15, 0.2) is 5.82 Å². The molecule has 2 aromatic carbocycles. The molecule has 1 heterocycles. The Kier molecular flexibility index (Phi) is 3.35. The molecule has 0 atom stereocenters. The average Bonchev–Trinajstić information content (AvgIpc) is 2.87. The molecule has 21 heavy (non-hydrogen) atoms. The SMILES string of the molecule is Oc1ccc(-c2nc(Cc3cc(F)cc(F)c3)no2)cc1. The lowest BCUT2D eigenvalue weighted by Gasteiger charge is -1.98. The predicted molar refractivity (Wildman–Crippen MR) is 70.6 cm³/mol. The van der Waals surface area contributed by atoms with Crippen LogP contribution in [0.15, 0.2) is 47.0 Å². The molecule has 1 aromatic heterocycles. The van der Waals surface area contributed by atoms with Crippen molar-refractivity contribution < 1.29 is 18.4 Å². The van der Waals surface area contributed by atoms with Crippen molar-refractivity contribution in [2.45, 2.75) is 6.42 Å². The third kappa shape index (κ3) is 3.05. The highest BCUT2D eigenvalue weighted by molar-refractivity contribution is 5.54. The molecule has 0 saturated heterocycles. The fourth-order valence-corrected chi connectivity index (χ4v) is 1.94.